The van der Waals surface area contributed by atoms with E-state index >= 15 is 0 Å². The Morgan fingerprint density at radius 2 is 0.720 bits per heavy atom. The van der Waals surface area contributed by atoms with Crippen LogP contribution in [-0.2, 0) is 0 Å². The van der Waals surface area contributed by atoms with Crippen molar-refractivity contribution in [1.82, 2.24) is 0 Å². The Morgan fingerprint density at radius 3 is 1.10 bits per heavy atom. The molecule has 0 heterocycles. The molecule has 8 aromatic carbocycles. The molecule has 0 bridgehead atoms. The Labute approximate surface area is 302 Å². The molecule has 0 aliphatic rings. The van der Waals surface area contributed by atoms with Gasteiger partial charge in [-0.05, 0) is 93.7 Å². The van der Waals surface area contributed by atoms with Crippen LogP contribution in [0.1, 0.15) is 19.4 Å². The molecule has 0 radical (unpaired) electrons. The number of rotatable bonds is 9. The minimum atomic E-state index is -0.520. The molecule has 2 heteroatoms. The first-order chi connectivity index (χ1) is 27.3. The molecule has 0 aromatic heterocycles. The molecule has 0 N–H and O–H groups in total. The third kappa shape index (κ3) is 5.85. The molecule has 8 rings (SSSR count). The lowest BCUT2D eigenvalue weighted by atomic mass is 10.0. The minimum absolute atomic E-state index is 0.120. The number of anilines is 6. The van der Waals surface area contributed by atoms with Gasteiger partial charge >= 0.3 is 0 Å². The van der Waals surface area contributed by atoms with Gasteiger partial charge in [-0.3, -0.25) is 0 Å². The summed E-state index contributed by atoms with van der Waals surface area (Å²) in [6, 6.07) is 60.6. The van der Waals surface area contributed by atoms with Crippen LogP contribution in [0.2, 0.25) is 0 Å². The monoisotopic (exact) mass is 646 g/mol. The fourth-order valence-electron chi connectivity index (χ4n) is 6.65. The van der Waals surface area contributed by atoms with Gasteiger partial charge in [-0.2, -0.15) is 0 Å². The first kappa shape index (κ1) is 24.5. The summed E-state index contributed by atoms with van der Waals surface area (Å²) in [5.41, 5.74) is 8.85. The summed E-state index contributed by atoms with van der Waals surface area (Å²) in [6.45, 7) is -1.04. The molecule has 0 aliphatic heterocycles. The Hall–Kier alpha value is -6.64. The van der Waals surface area contributed by atoms with Crippen LogP contribution in [0.25, 0.3) is 44.8 Å². The van der Waals surface area contributed by atoms with Crippen LogP contribution in [0.15, 0.2) is 195 Å². The maximum Gasteiger partial charge on any atom is 0.0623 e. The zero-order chi connectivity index (χ0) is 38.8. The van der Waals surface area contributed by atoms with Crippen LogP contribution in [0.4, 0.5) is 34.1 Å². The number of benzene rings is 8. The van der Waals surface area contributed by atoms with Gasteiger partial charge < -0.3 is 9.80 Å². The van der Waals surface area contributed by atoms with Gasteiger partial charge in [0.05, 0.1) is 19.6 Å². The Morgan fingerprint density at radius 1 is 0.380 bits per heavy atom. The first-order valence-corrected chi connectivity index (χ1v) is 16.5. The van der Waals surface area contributed by atoms with Crippen LogP contribution in [-0.4, -0.2) is 0 Å². The number of hydrogen-bond acceptors (Lipinski definition) is 2. The zero-order valence-electron chi connectivity index (χ0n) is 33.2. The largest absolute Gasteiger partial charge is 0.310 e. The molecule has 0 spiro atoms. The van der Waals surface area contributed by atoms with Crippen LogP contribution < -0.4 is 9.80 Å². The molecule has 50 heavy (non-hydrogen) atoms. The lowest BCUT2D eigenvalue weighted by Gasteiger charge is -2.27. The Bertz CT molecular complexity index is 2530. The quantitative estimate of drug-likeness (QED) is 0.154. The number of fused-ring (bicyclic) bond motifs is 2. The molecule has 0 fully saturated rings. The van der Waals surface area contributed by atoms with E-state index in [0.717, 1.165) is 66.8 Å². The van der Waals surface area contributed by atoms with E-state index in [1.165, 1.54) is 0 Å². The van der Waals surface area contributed by atoms with Crippen molar-refractivity contribution < 1.29 is 8.22 Å². The fourth-order valence-corrected chi connectivity index (χ4v) is 6.65. The van der Waals surface area contributed by atoms with E-state index in [4.69, 9.17) is 8.22 Å². The highest BCUT2D eigenvalue weighted by Crippen LogP contribution is 2.41. The third-order valence-electron chi connectivity index (χ3n) is 9.14. The van der Waals surface area contributed by atoms with Gasteiger partial charge in [0.2, 0.25) is 0 Å². The molecule has 0 atom stereocenters. The second kappa shape index (κ2) is 13.5. The van der Waals surface area contributed by atoms with Crippen molar-refractivity contribution >= 4 is 67.8 Å². The van der Waals surface area contributed by atoms with Crippen LogP contribution >= 0.6 is 0 Å². The molecule has 2 nitrogen and oxygen atoms in total. The zero-order valence-corrected chi connectivity index (χ0v) is 27.2. The maximum absolute atomic E-state index is 8.15. The highest BCUT2D eigenvalue weighted by Gasteiger charge is 2.17. The topological polar surface area (TPSA) is 6.48 Å². The van der Waals surface area contributed by atoms with Crippen LogP contribution in [0, 0.1) is 0 Å². The van der Waals surface area contributed by atoms with Crippen molar-refractivity contribution in [3.8, 4) is 11.1 Å². The molecule has 0 aliphatic carbocycles. The van der Waals surface area contributed by atoms with Crippen molar-refractivity contribution in [2.45, 2.75) is 0 Å². The SMILES string of the molecule is [2H]C([2H])=C([2H])c1ccc(N(c2ccc(-c3ccc(N(c4ccc(C([2H])=C([2H])[2H])cc4)c4cccc5ccccc45)cc3)cc2)c2cccc3ccccc23)cc1. The molecule has 0 amide bonds. The number of nitrogens with zero attached hydrogens (tertiary/aromatic N) is 2. The highest BCUT2D eigenvalue weighted by atomic mass is 15.1. The standard InChI is InChI=1S/C48H36N2/c1-3-35-19-27-41(28-20-35)49(47-17-9-13-39-11-5-7-15-45(39)47)43-31-23-37(24-32-43)38-25-33-44(34-26-38)50(42-29-21-36(4-2)22-30-42)48-18-10-14-40-12-6-8-16-46(40)48/h3-34H,1-2H2/i1D2,2D2,3D,4D. The highest BCUT2D eigenvalue weighted by molar-refractivity contribution is 6.00. The summed E-state index contributed by atoms with van der Waals surface area (Å²) >= 11 is 0. The summed E-state index contributed by atoms with van der Waals surface area (Å²) in [6.07, 6.45) is 0. The van der Waals surface area contributed by atoms with E-state index in [2.05, 4.69) is 119 Å². The maximum atomic E-state index is 8.15. The Kier molecular flexibility index (Phi) is 6.60. The van der Waals surface area contributed by atoms with E-state index < -0.39 is 13.1 Å². The summed E-state index contributed by atoms with van der Waals surface area (Å²) in [4.78, 5) is 4.38. The molecular weight excluding hydrogens is 605 g/mol. The summed E-state index contributed by atoms with van der Waals surface area (Å²) in [5.74, 6) is 0. The molecule has 0 saturated carbocycles. The summed E-state index contributed by atoms with van der Waals surface area (Å²) in [7, 11) is 0. The average Bonchev–Trinajstić information content (AvgIpc) is 3.24. The minimum Gasteiger partial charge on any atom is -0.310 e. The smallest absolute Gasteiger partial charge is 0.0623 e. The first-order valence-electron chi connectivity index (χ1n) is 19.5. The van der Waals surface area contributed by atoms with Crippen molar-refractivity contribution in [3.63, 3.8) is 0 Å². The van der Waals surface area contributed by atoms with E-state index in [0.29, 0.717) is 11.1 Å². The van der Waals surface area contributed by atoms with Crippen molar-refractivity contribution in [1.29, 1.82) is 0 Å². The molecule has 0 unspecified atom stereocenters. The average molecular weight is 647 g/mol. The van der Waals surface area contributed by atoms with Gasteiger partial charge in [-0.1, -0.05) is 146 Å². The lowest BCUT2D eigenvalue weighted by molar-refractivity contribution is 1.29. The fraction of sp³-hybridized carbons (Fsp3) is 0. The predicted octanol–water partition coefficient (Wildman–Crippen LogP) is 13.9. The van der Waals surface area contributed by atoms with Gasteiger partial charge in [0, 0.05) is 33.5 Å². The van der Waals surface area contributed by atoms with E-state index in [1.807, 2.05) is 48.5 Å². The van der Waals surface area contributed by atoms with E-state index in [1.54, 1.807) is 24.3 Å². The molecule has 8 aromatic rings. The van der Waals surface area contributed by atoms with E-state index in [-0.39, 0.29) is 12.1 Å². The Balaban J connectivity index is 1.16. The predicted molar refractivity (Wildman–Crippen MR) is 216 cm³/mol. The van der Waals surface area contributed by atoms with Gasteiger partial charge in [-0.15, -0.1) is 0 Å². The summed E-state index contributed by atoms with van der Waals surface area (Å²) < 4.78 is 46.7. The molecule has 0 saturated heterocycles. The second-order valence-electron chi connectivity index (χ2n) is 12.1. The van der Waals surface area contributed by atoms with E-state index in [9.17, 15) is 0 Å². The normalized spacial score (nSPS) is 12.5. The van der Waals surface area contributed by atoms with Gasteiger partial charge in [0.25, 0.3) is 0 Å². The van der Waals surface area contributed by atoms with Crippen molar-refractivity contribution in [3.05, 3.63) is 206 Å². The second-order valence-corrected chi connectivity index (χ2v) is 12.1. The summed E-state index contributed by atoms with van der Waals surface area (Å²) in [5, 5.41) is 4.43. The van der Waals surface area contributed by atoms with Crippen LogP contribution in [0.3, 0.4) is 0 Å². The van der Waals surface area contributed by atoms with Crippen LogP contribution in [0.5, 0.6) is 0 Å². The van der Waals surface area contributed by atoms with Crippen molar-refractivity contribution in [2.75, 3.05) is 9.80 Å². The lowest BCUT2D eigenvalue weighted by Crippen LogP contribution is -2.10. The van der Waals surface area contributed by atoms with Crippen molar-refractivity contribution in [2.24, 2.45) is 0 Å². The number of hydrogen-bond donors (Lipinski definition) is 0. The van der Waals surface area contributed by atoms with Gasteiger partial charge in [0.1, 0.15) is 0 Å². The molecular formula is C48H36N2. The molecule has 238 valence electrons. The third-order valence-corrected chi connectivity index (χ3v) is 9.14. The van der Waals surface area contributed by atoms with Gasteiger partial charge in [-0.25, -0.2) is 0 Å². The van der Waals surface area contributed by atoms with Gasteiger partial charge in [0.15, 0.2) is 0 Å².